The van der Waals surface area contributed by atoms with Crippen molar-refractivity contribution in [3.05, 3.63) is 34.7 Å². The summed E-state index contributed by atoms with van der Waals surface area (Å²) in [6.07, 6.45) is 3.57. The zero-order valence-electron chi connectivity index (χ0n) is 10.5. The Kier molecular flexibility index (Phi) is 3.19. The van der Waals surface area contributed by atoms with Crippen LogP contribution in [0.5, 0.6) is 0 Å². The number of hydrogen-bond acceptors (Lipinski definition) is 2. The quantitative estimate of drug-likeness (QED) is 0.865. The Morgan fingerprint density at radius 1 is 1.22 bits per heavy atom. The van der Waals surface area contributed by atoms with Gasteiger partial charge in [-0.05, 0) is 50.4 Å². The number of benzene rings is 1. The fourth-order valence-corrected chi connectivity index (χ4v) is 2.81. The second-order valence-corrected chi connectivity index (χ2v) is 5.08. The van der Waals surface area contributed by atoms with Crippen LogP contribution in [0.25, 0.3) is 11.0 Å². The van der Waals surface area contributed by atoms with Crippen molar-refractivity contribution in [2.24, 2.45) is 5.92 Å². The monoisotopic (exact) mass is 245 g/mol. The highest BCUT2D eigenvalue weighted by Crippen LogP contribution is 2.18. The molecular formula is C14H19N3O. The van der Waals surface area contributed by atoms with Gasteiger partial charge < -0.3 is 10.3 Å². The van der Waals surface area contributed by atoms with E-state index in [9.17, 15) is 4.79 Å². The van der Waals surface area contributed by atoms with Gasteiger partial charge in [0.25, 0.3) is 0 Å². The van der Waals surface area contributed by atoms with E-state index in [0.29, 0.717) is 0 Å². The first-order valence-corrected chi connectivity index (χ1v) is 6.73. The van der Waals surface area contributed by atoms with Gasteiger partial charge in [-0.2, -0.15) is 0 Å². The minimum Gasteiger partial charge on any atom is -0.317 e. The molecule has 1 aliphatic heterocycles. The van der Waals surface area contributed by atoms with Crippen molar-refractivity contribution in [3.63, 3.8) is 0 Å². The van der Waals surface area contributed by atoms with E-state index in [4.69, 9.17) is 0 Å². The largest absolute Gasteiger partial charge is 0.326 e. The molecule has 3 rings (SSSR count). The molecule has 96 valence electrons. The van der Waals surface area contributed by atoms with Crippen LogP contribution in [0.1, 0.15) is 19.3 Å². The molecule has 2 heterocycles. The smallest absolute Gasteiger partial charge is 0.317 e. The topological polar surface area (TPSA) is 49.8 Å². The van der Waals surface area contributed by atoms with Crippen molar-refractivity contribution in [3.8, 4) is 0 Å². The van der Waals surface area contributed by atoms with Gasteiger partial charge in [-0.15, -0.1) is 0 Å². The van der Waals surface area contributed by atoms with Gasteiger partial charge in [0.05, 0.1) is 11.0 Å². The van der Waals surface area contributed by atoms with Gasteiger partial charge in [-0.25, -0.2) is 4.79 Å². The Labute approximate surface area is 106 Å². The summed E-state index contributed by atoms with van der Waals surface area (Å²) in [6.45, 7) is 3.06. The van der Waals surface area contributed by atoms with E-state index in [1.807, 2.05) is 28.8 Å². The number of nitrogens with zero attached hydrogens (tertiary/aromatic N) is 1. The Morgan fingerprint density at radius 3 is 2.83 bits per heavy atom. The second kappa shape index (κ2) is 4.98. The molecule has 0 amide bonds. The van der Waals surface area contributed by atoms with Gasteiger partial charge in [0.2, 0.25) is 0 Å². The van der Waals surface area contributed by atoms with Crippen LogP contribution in [0.4, 0.5) is 0 Å². The molecule has 0 aliphatic carbocycles. The lowest BCUT2D eigenvalue weighted by Crippen LogP contribution is -2.29. The lowest BCUT2D eigenvalue weighted by Gasteiger charge is -2.22. The maximum Gasteiger partial charge on any atom is 0.326 e. The molecule has 0 bridgehead atoms. The number of aryl methyl sites for hydroxylation is 1. The number of aromatic amines is 1. The van der Waals surface area contributed by atoms with E-state index < -0.39 is 0 Å². The van der Waals surface area contributed by atoms with E-state index in [0.717, 1.165) is 43.0 Å². The Balaban J connectivity index is 1.77. The first-order valence-electron chi connectivity index (χ1n) is 6.73. The maximum atomic E-state index is 11.9. The number of aromatic nitrogens is 2. The number of nitrogens with one attached hydrogen (secondary N) is 2. The number of hydrogen-bond donors (Lipinski definition) is 2. The van der Waals surface area contributed by atoms with Gasteiger partial charge in [0.15, 0.2) is 0 Å². The summed E-state index contributed by atoms with van der Waals surface area (Å²) in [5.74, 6) is 0.756. The van der Waals surface area contributed by atoms with E-state index >= 15 is 0 Å². The third-order valence-corrected chi connectivity index (χ3v) is 3.90. The Hall–Kier alpha value is -1.55. The molecule has 1 saturated heterocycles. The summed E-state index contributed by atoms with van der Waals surface area (Å²) in [4.78, 5) is 14.8. The van der Waals surface area contributed by atoms with Gasteiger partial charge in [-0.1, -0.05) is 12.1 Å². The summed E-state index contributed by atoms with van der Waals surface area (Å²) >= 11 is 0. The van der Waals surface area contributed by atoms with Crippen molar-refractivity contribution in [1.82, 2.24) is 14.9 Å². The highest BCUT2D eigenvalue weighted by molar-refractivity contribution is 5.74. The first kappa shape index (κ1) is 11.5. The summed E-state index contributed by atoms with van der Waals surface area (Å²) in [5.41, 5.74) is 1.98. The lowest BCUT2D eigenvalue weighted by molar-refractivity contribution is 0.338. The average molecular weight is 245 g/mol. The van der Waals surface area contributed by atoms with Crippen molar-refractivity contribution in [1.29, 1.82) is 0 Å². The van der Waals surface area contributed by atoms with Crippen molar-refractivity contribution in [2.75, 3.05) is 13.1 Å². The predicted molar refractivity (Wildman–Crippen MR) is 72.8 cm³/mol. The molecule has 0 unspecified atom stereocenters. The third-order valence-electron chi connectivity index (χ3n) is 3.90. The molecular weight excluding hydrogens is 226 g/mol. The molecule has 18 heavy (non-hydrogen) atoms. The molecule has 0 saturated carbocycles. The van der Waals surface area contributed by atoms with Gasteiger partial charge in [0, 0.05) is 6.54 Å². The van der Waals surface area contributed by atoms with Crippen molar-refractivity contribution < 1.29 is 0 Å². The van der Waals surface area contributed by atoms with Crippen LogP contribution in [0.3, 0.4) is 0 Å². The minimum atomic E-state index is 0.0186. The molecule has 1 fully saturated rings. The van der Waals surface area contributed by atoms with Gasteiger partial charge >= 0.3 is 5.69 Å². The number of rotatable bonds is 3. The van der Waals surface area contributed by atoms with Gasteiger partial charge in [0.1, 0.15) is 0 Å². The highest BCUT2D eigenvalue weighted by Gasteiger charge is 2.14. The van der Waals surface area contributed by atoms with Crippen LogP contribution < -0.4 is 11.0 Å². The number of para-hydroxylation sites is 2. The number of imidazole rings is 1. The third kappa shape index (κ3) is 2.20. The van der Waals surface area contributed by atoms with Crippen LogP contribution in [0.2, 0.25) is 0 Å². The predicted octanol–water partition coefficient (Wildman–Crippen LogP) is 1.72. The zero-order chi connectivity index (χ0) is 12.4. The van der Waals surface area contributed by atoms with Crippen LogP contribution in [0, 0.1) is 5.92 Å². The fraction of sp³-hybridized carbons (Fsp3) is 0.500. The molecule has 0 atom stereocenters. The zero-order valence-corrected chi connectivity index (χ0v) is 10.5. The number of piperidine rings is 1. The molecule has 4 heteroatoms. The van der Waals surface area contributed by atoms with Crippen molar-refractivity contribution in [2.45, 2.75) is 25.8 Å². The molecule has 1 aliphatic rings. The van der Waals surface area contributed by atoms with E-state index in [2.05, 4.69) is 10.3 Å². The second-order valence-electron chi connectivity index (χ2n) is 5.08. The van der Waals surface area contributed by atoms with E-state index in [1.165, 1.54) is 12.8 Å². The summed E-state index contributed by atoms with van der Waals surface area (Å²) in [7, 11) is 0. The minimum absolute atomic E-state index is 0.0186. The van der Waals surface area contributed by atoms with Crippen LogP contribution >= 0.6 is 0 Å². The summed E-state index contributed by atoms with van der Waals surface area (Å²) < 4.78 is 1.87. The molecule has 2 aromatic rings. The Morgan fingerprint density at radius 2 is 2.00 bits per heavy atom. The molecule has 1 aromatic heterocycles. The lowest BCUT2D eigenvalue weighted by atomic mass is 9.95. The van der Waals surface area contributed by atoms with Gasteiger partial charge in [-0.3, -0.25) is 4.57 Å². The van der Waals surface area contributed by atoms with Crippen LogP contribution in [0.15, 0.2) is 29.1 Å². The maximum absolute atomic E-state index is 11.9. The molecule has 0 spiro atoms. The fourth-order valence-electron chi connectivity index (χ4n) is 2.81. The molecule has 0 radical (unpaired) electrons. The average Bonchev–Trinajstić information content (AvgIpc) is 2.73. The van der Waals surface area contributed by atoms with E-state index in [-0.39, 0.29) is 5.69 Å². The van der Waals surface area contributed by atoms with Crippen LogP contribution in [-0.2, 0) is 6.54 Å². The number of fused-ring (bicyclic) bond motifs is 1. The summed E-state index contributed by atoms with van der Waals surface area (Å²) in [5, 5.41) is 3.37. The highest BCUT2D eigenvalue weighted by atomic mass is 16.1. The Bertz CT molecular complexity index is 578. The SMILES string of the molecule is O=c1[nH]c2ccccc2n1CCC1CCNCC1. The normalized spacial score (nSPS) is 17.3. The summed E-state index contributed by atoms with van der Waals surface area (Å²) in [6, 6.07) is 7.90. The molecule has 4 nitrogen and oxygen atoms in total. The molecule has 2 N–H and O–H groups in total. The van der Waals surface area contributed by atoms with Crippen molar-refractivity contribution >= 4 is 11.0 Å². The van der Waals surface area contributed by atoms with E-state index in [1.54, 1.807) is 0 Å². The first-order chi connectivity index (χ1) is 8.84. The number of H-pyrrole nitrogens is 1. The molecule has 1 aromatic carbocycles. The standard InChI is InChI=1S/C14H19N3O/c18-14-16-12-3-1-2-4-13(12)17(14)10-7-11-5-8-15-9-6-11/h1-4,11,15H,5-10H2,(H,16,18). The van der Waals surface area contributed by atoms with Crippen LogP contribution in [-0.4, -0.2) is 22.6 Å².